The maximum Gasteiger partial charge on any atom is 0.313 e. The van der Waals surface area contributed by atoms with Crippen LogP contribution in [0.25, 0.3) is 0 Å². The van der Waals surface area contributed by atoms with E-state index in [1.165, 1.54) is 5.56 Å². The highest BCUT2D eigenvalue weighted by molar-refractivity contribution is 7.99. The Kier molecular flexibility index (Phi) is 5.07. The summed E-state index contributed by atoms with van der Waals surface area (Å²) in [4.78, 5) is 10.6. The highest BCUT2D eigenvalue weighted by atomic mass is 32.2. The molecule has 7 heteroatoms. The van der Waals surface area contributed by atoms with Crippen molar-refractivity contribution in [1.82, 2.24) is 14.8 Å². The highest BCUT2D eigenvalue weighted by Gasteiger charge is 2.12. The van der Waals surface area contributed by atoms with Gasteiger partial charge in [0.2, 0.25) is 0 Å². The first-order valence-corrected chi connectivity index (χ1v) is 7.80. The lowest BCUT2D eigenvalue weighted by Gasteiger charge is -2.12. The Morgan fingerprint density at radius 3 is 2.73 bits per heavy atom. The minimum Gasteiger partial charge on any atom is -0.485 e. The first kappa shape index (κ1) is 16.4. The number of carboxylic acids is 1. The number of carbonyl (C=O) groups is 1. The van der Waals surface area contributed by atoms with Crippen molar-refractivity contribution in [2.75, 3.05) is 5.75 Å². The minimum atomic E-state index is -0.878. The number of aryl methyl sites for hydroxylation is 2. The predicted octanol–water partition coefficient (Wildman–Crippen LogP) is 2.50. The number of rotatable bonds is 6. The zero-order valence-electron chi connectivity index (χ0n) is 13.1. The summed E-state index contributed by atoms with van der Waals surface area (Å²) < 4.78 is 7.61. The van der Waals surface area contributed by atoms with Crippen molar-refractivity contribution in [2.45, 2.75) is 32.5 Å². The van der Waals surface area contributed by atoms with Gasteiger partial charge in [-0.2, -0.15) is 0 Å². The zero-order chi connectivity index (χ0) is 16.3. The molecule has 0 atom stereocenters. The molecule has 0 unspecified atom stereocenters. The molecule has 118 valence electrons. The molecule has 0 saturated heterocycles. The smallest absolute Gasteiger partial charge is 0.313 e. The number of benzene rings is 1. The summed E-state index contributed by atoms with van der Waals surface area (Å²) in [7, 11) is 1.80. The molecule has 2 aromatic rings. The summed E-state index contributed by atoms with van der Waals surface area (Å²) in [6.07, 6.45) is 0. The molecule has 1 N–H and O–H groups in total. The van der Waals surface area contributed by atoms with E-state index in [0.29, 0.717) is 17.6 Å². The van der Waals surface area contributed by atoms with Crippen LogP contribution in [0.3, 0.4) is 0 Å². The van der Waals surface area contributed by atoms with E-state index in [0.717, 1.165) is 28.6 Å². The van der Waals surface area contributed by atoms with Crippen LogP contribution in [0.2, 0.25) is 0 Å². The molecule has 0 fully saturated rings. The van der Waals surface area contributed by atoms with Crippen molar-refractivity contribution in [2.24, 2.45) is 7.05 Å². The zero-order valence-corrected chi connectivity index (χ0v) is 13.9. The van der Waals surface area contributed by atoms with Crippen molar-refractivity contribution in [1.29, 1.82) is 0 Å². The van der Waals surface area contributed by atoms with E-state index < -0.39 is 5.97 Å². The monoisotopic (exact) mass is 321 g/mol. The van der Waals surface area contributed by atoms with Gasteiger partial charge >= 0.3 is 5.97 Å². The maximum atomic E-state index is 10.6. The van der Waals surface area contributed by atoms with Crippen LogP contribution in [0.4, 0.5) is 0 Å². The lowest BCUT2D eigenvalue weighted by molar-refractivity contribution is -0.133. The van der Waals surface area contributed by atoms with Gasteiger partial charge < -0.3 is 14.4 Å². The van der Waals surface area contributed by atoms with Crippen LogP contribution in [0.1, 0.15) is 22.5 Å². The van der Waals surface area contributed by atoms with Gasteiger partial charge in [-0.05, 0) is 43.5 Å². The number of carboxylic acid groups (broad SMARTS) is 1. The summed E-state index contributed by atoms with van der Waals surface area (Å²) in [5.74, 6) is 0.576. The van der Waals surface area contributed by atoms with Gasteiger partial charge in [0.1, 0.15) is 12.4 Å². The first-order chi connectivity index (χ1) is 10.4. The molecule has 0 bridgehead atoms. The molecule has 1 heterocycles. The molecular weight excluding hydrogens is 302 g/mol. The van der Waals surface area contributed by atoms with Crippen molar-refractivity contribution in [3.05, 3.63) is 34.6 Å². The van der Waals surface area contributed by atoms with Crippen molar-refractivity contribution < 1.29 is 14.6 Å². The van der Waals surface area contributed by atoms with Gasteiger partial charge in [-0.15, -0.1) is 10.2 Å². The third-order valence-corrected chi connectivity index (χ3v) is 4.38. The van der Waals surface area contributed by atoms with Crippen molar-refractivity contribution in [3.63, 3.8) is 0 Å². The van der Waals surface area contributed by atoms with Crippen LogP contribution in [0, 0.1) is 20.8 Å². The van der Waals surface area contributed by atoms with Gasteiger partial charge in [-0.3, -0.25) is 4.79 Å². The normalized spacial score (nSPS) is 10.7. The molecule has 0 aliphatic heterocycles. The Labute approximate surface area is 133 Å². The van der Waals surface area contributed by atoms with Gasteiger partial charge in [-0.25, -0.2) is 0 Å². The molecule has 0 amide bonds. The van der Waals surface area contributed by atoms with Gasteiger partial charge in [0, 0.05) is 7.05 Å². The van der Waals surface area contributed by atoms with Gasteiger partial charge in [-0.1, -0.05) is 17.8 Å². The van der Waals surface area contributed by atoms with Crippen molar-refractivity contribution in [3.8, 4) is 5.75 Å². The Hall–Kier alpha value is -2.02. The van der Waals surface area contributed by atoms with E-state index in [4.69, 9.17) is 9.84 Å². The molecule has 2 rings (SSSR count). The van der Waals surface area contributed by atoms with E-state index in [9.17, 15) is 4.79 Å². The standard InChI is InChI=1S/C15H19N3O3S/c1-9-5-10(2)11(3)12(6-9)21-7-13-16-17-15(18(13)4)22-8-14(19)20/h5-6H,7-8H2,1-4H3,(H,19,20). The molecule has 6 nitrogen and oxygen atoms in total. The Morgan fingerprint density at radius 1 is 1.32 bits per heavy atom. The quantitative estimate of drug-likeness (QED) is 0.824. The first-order valence-electron chi connectivity index (χ1n) is 6.82. The Bertz CT molecular complexity index is 698. The fourth-order valence-corrected chi connectivity index (χ4v) is 2.67. The molecule has 0 aliphatic rings. The molecule has 0 aliphatic carbocycles. The van der Waals surface area contributed by atoms with Crippen molar-refractivity contribution >= 4 is 17.7 Å². The van der Waals surface area contributed by atoms with Crippen LogP contribution in [-0.2, 0) is 18.4 Å². The van der Waals surface area contributed by atoms with E-state index in [-0.39, 0.29) is 5.75 Å². The van der Waals surface area contributed by atoms with E-state index >= 15 is 0 Å². The van der Waals surface area contributed by atoms with E-state index in [1.807, 2.05) is 19.9 Å². The Balaban J connectivity index is 2.08. The van der Waals surface area contributed by atoms with E-state index in [2.05, 4.69) is 23.2 Å². The third kappa shape index (κ3) is 3.79. The second-order valence-corrected chi connectivity index (χ2v) is 6.08. The maximum absolute atomic E-state index is 10.6. The Morgan fingerprint density at radius 2 is 2.05 bits per heavy atom. The number of hydrogen-bond acceptors (Lipinski definition) is 5. The lowest BCUT2D eigenvalue weighted by Crippen LogP contribution is -2.06. The number of ether oxygens (including phenoxy) is 1. The second kappa shape index (κ2) is 6.83. The van der Waals surface area contributed by atoms with Gasteiger partial charge in [0.25, 0.3) is 0 Å². The highest BCUT2D eigenvalue weighted by Crippen LogP contribution is 2.24. The van der Waals surface area contributed by atoms with Crippen LogP contribution < -0.4 is 4.74 Å². The minimum absolute atomic E-state index is 0.0387. The molecular formula is C15H19N3O3S. The van der Waals surface area contributed by atoms with Crippen LogP contribution in [0.5, 0.6) is 5.75 Å². The summed E-state index contributed by atoms with van der Waals surface area (Å²) in [5, 5.41) is 17.3. The average Bonchev–Trinajstić information content (AvgIpc) is 2.79. The molecule has 0 radical (unpaired) electrons. The SMILES string of the molecule is Cc1cc(C)c(C)c(OCc2nnc(SCC(=O)O)n2C)c1. The average molecular weight is 321 g/mol. The number of thioether (sulfide) groups is 1. The van der Waals surface area contributed by atoms with Crippen LogP contribution in [-0.4, -0.2) is 31.6 Å². The molecule has 22 heavy (non-hydrogen) atoms. The largest absolute Gasteiger partial charge is 0.485 e. The summed E-state index contributed by atoms with van der Waals surface area (Å²) in [6.45, 7) is 6.40. The second-order valence-electron chi connectivity index (χ2n) is 5.13. The fourth-order valence-electron chi connectivity index (χ4n) is 2.02. The molecule has 1 aromatic heterocycles. The predicted molar refractivity (Wildman–Crippen MR) is 84.3 cm³/mol. The van der Waals surface area contributed by atoms with Crippen LogP contribution in [0.15, 0.2) is 17.3 Å². The lowest BCUT2D eigenvalue weighted by atomic mass is 10.1. The van der Waals surface area contributed by atoms with Gasteiger partial charge in [0.15, 0.2) is 11.0 Å². The number of aliphatic carboxylic acids is 1. The van der Waals surface area contributed by atoms with Crippen LogP contribution >= 0.6 is 11.8 Å². The third-order valence-electron chi connectivity index (χ3n) is 3.37. The molecule has 0 spiro atoms. The molecule has 1 aromatic carbocycles. The number of hydrogen-bond donors (Lipinski definition) is 1. The summed E-state index contributed by atoms with van der Waals surface area (Å²) in [6, 6.07) is 4.12. The number of nitrogens with zero attached hydrogens (tertiary/aromatic N) is 3. The summed E-state index contributed by atoms with van der Waals surface area (Å²) >= 11 is 1.14. The topological polar surface area (TPSA) is 77.2 Å². The summed E-state index contributed by atoms with van der Waals surface area (Å²) in [5.41, 5.74) is 3.44. The van der Waals surface area contributed by atoms with E-state index in [1.54, 1.807) is 11.6 Å². The van der Waals surface area contributed by atoms with Gasteiger partial charge in [0.05, 0.1) is 5.75 Å². The molecule has 0 saturated carbocycles. The number of aromatic nitrogens is 3. The fraction of sp³-hybridized carbons (Fsp3) is 0.400.